The molecule has 0 saturated heterocycles. The number of aromatic nitrogens is 1. The summed E-state index contributed by atoms with van der Waals surface area (Å²) < 4.78 is 10.3. The molecule has 7 nitrogen and oxygen atoms in total. The second-order valence-electron chi connectivity index (χ2n) is 6.58. The molecular formula is C23H18N2O5S. The summed E-state index contributed by atoms with van der Waals surface area (Å²) in [5.74, 6) is -1.01. The van der Waals surface area contributed by atoms with Gasteiger partial charge in [0.25, 0.3) is 5.91 Å². The van der Waals surface area contributed by atoms with Crippen LogP contribution in [-0.2, 0) is 16.0 Å². The number of hydrogen-bond acceptors (Lipinski definition) is 7. The number of thiazole rings is 1. The van der Waals surface area contributed by atoms with Crippen LogP contribution in [0.15, 0.2) is 69.9 Å². The van der Waals surface area contributed by atoms with Gasteiger partial charge in [-0.1, -0.05) is 48.5 Å². The zero-order chi connectivity index (χ0) is 21.8. The van der Waals surface area contributed by atoms with Crippen LogP contribution in [0.5, 0.6) is 0 Å². The lowest BCUT2D eigenvalue weighted by atomic mass is 10.1. The molecule has 0 aliphatic heterocycles. The van der Waals surface area contributed by atoms with Crippen LogP contribution < -0.4 is 10.9 Å². The van der Waals surface area contributed by atoms with Crippen LogP contribution in [0.2, 0.25) is 0 Å². The van der Waals surface area contributed by atoms with E-state index < -0.39 is 11.5 Å². The Morgan fingerprint density at radius 2 is 1.84 bits per heavy atom. The molecule has 0 aliphatic carbocycles. The summed E-state index contributed by atoms with van der Waals surface area (Å²) >= 11 is 1.16. The smallest absolute Gasteiger partial charge is 0.349 e. The first-order chi connectivity index (χ1) is 15.0. The number of ether oxygens (including phenoxy) is 1. The molecule has 8 heteroatoms. The average Bonchev–Trinajstić information content (AvgIpc) is 3.15. The fourth-order valence-corrected chi connectivity index (χ4v) is 4.04. The van der Waals surface area contributed by atoms with Crippen molar-refractivity contribution in [3.63, 3.8) is 0 Å². The fraction of sp³-hybridized carbons (Fsp3) is 0.130. The minimum absolute atomic E-state index is 0.0315. The molecule has 0 atom stereocenters. The molecule has 2 heterocycles. The lowest BCUT2D eigenvalue weighted by Crippen LogP contribution is -2.20. The number of benzene rings is 2. The Hall–Kier alpha value is -3.78. The minimum atomic E-state index is -0.734. The number of carbonyl (C=O) groups is 2. The first kappa shape index (κ1) is 20.5. The van der Waals surface area contributed by atoms with E-state index in [1.807, 2.05) is 30.3 Å². The zero-order valence-corrected chi connectivity index (χ0v) is 17.4. The summed E-state index contributed by atoms with van der Waals surface area (Å²) in [5.41, 5.74) is 0.939. The van der Waals surface area contributed by atoms with Gasteiger partial charge in [0.15, 0.2) is 5.13 Å². The van der Waals surface area contributed by atoms with Crippen LogP contribution in [0.4, 0.5) is 5.13 Å². The Morgan fingerprint density at radius 3 is 2.61 bits per heavy atom. The highest BCUT2D eigenvalue weighted by atomic mass is 32.1. The molecule has 0 fully saturated rings. The quantitative estimate of drug-likeness (QED) is 0.359. The number of esters is 1. The van der Waals surface area contributed by atoms with Crippen LogP contribution in [0.25, 0.3) is 22.2 Å². The Morgan fingerprint density at radius 1 is 1.10 bits per heavy atom. The van der Waals surface area contributed by atoms with Crippen LogP contribution in [0.1, 0.15) is 22.2 Å². The van der Waals surface area contributed by atoms with E-state index in [9.17, 15) is 14.4 Å². The molecule has 0 radical (unpaired) electrons. The molecule has 0 saturated carbocycles. The predicted molar refractivity (Wildman–Crippen MR) is 118 cm³/mol. The summed E-state index contributed by atoms with van der Waals surface area (Å²) in [6, 6.07) is 17.8. The predicted octanol–water partition coefficient (Wildman–Crippen LogP) is 4.27. The number of fused-ring (bicyclic) bond motifs is 1. The van der Waals surface area contributed by atoms with Crippen molar-refractivity contribution in [1.82, 2.24) is 4.98 Å². The number of nitrogens with one attached hydrogen (secondary N) is 1. The Bertz CT molecular complexity index is 1310. The maximum Gasteiger partial charge on any atom is 0.349 e. The number of carbonyl (C=O) groups excluding carboxylic acids is 2. The van der Waals surface area contributed by atoms with Crippen molar-refractivity contribution < 1.29 is 18.7 Å². The van der Waals surface area contributed by atoms with Gasteiger partial charge in [-0.3, -0.25) is 14.9 Å². The molecule has 0 unspecified atom stereocenters. The molecular weight excluding hydrogens is 416 g/mol. The summed E-state index contributed by atoms with van der Waals surface area (Å²) in [7, 11) is 0. The van der Waals surface area contributed by atoms with Gasteiger partial charge in [-0.2, -0.15) is 0 Å². The third kappa shape index (κ3) is 4.54. The molecule has 0 aliphatic rings. The first-order valence-electron chi connectivity index (χ1n) is 9.60. The van der Waals surface area contributed by atoms with Gasteiger partial charge in [0, 0.05) is 15.8 Å². The molecule has 2 aromatic heterocycles. The number of hydrogen-bond donors (Lipinski definition) is 1. The topological polar surface area (TPSA) is 98.5 Å². The molecule has 1 N–H and O–H groups in total. The van der Waals surface area contributed by atoms with E-state index in [2.05, 4.69) is 10.3 Å². The van der Waals surface area contributed by atoms with Gasteiger partial charge in [0.2, 0.25) is 0 Å². The summed E-state index contributed by atoms with van der Waals surface area (Å²) in [4.78, 5) is 42.2. The molecule has 2 aromatic carbocycles. The number of para-hydroxylation sites is 1. The lowest BCUT2D eigenvalue weighted by Gasteiger charge is -2.02. The molecule has 31 heavy (non-hydrogen) atoms. The van der Waals surface area contributed by atoms with Crippen molar-refractivity contribution in [1.29, 1.82) is 0 Å². The van der Waals surface area contributed by atoms with Crippen molar-refractivity contribution >= 4 is 39.3 Å². The molecule has 1 amide bonds. The Kier molecular flexibility index (Phi) is 5.90. The number of nitrogens with zero attached hydrogens (tertiary/aromatic N) is 1. The highest BCUT2D eigenvalue weighted by molar-refractivity contribution is 7.16. The summed E-state index contributed by atoms with van der Waals surface area (Å²) in [6.45, 7) is 2.02. The highest BCUT2D eigenvalue weighted by Crippen LogP contribution is 2.32. The van der Waals surface area contributed by atoms with Gasteiger partial charge in [-0.15, -0.1) is 11.3 Å². The van der Waals surface area contributed by atoms with Gasteiger partial charge in [-0.25, -0.2) is 9.78 Å². The maximum atomic E-state index is 12.8. The molecule has 0 spiro atoms. The van der Waals surface area contributed by atoms with Crippen molar-refractivity contribution in [2.45, 2.75) is 13.3 Å². The molecule has 4 rings (SSSR count). The molecule has 156 valence electrons. The van der Waals surface area contributed by atoms with Gasteiger partial charge >= 0.3 is 11.6 Å². The van der Waals surface area contributed by atoms with Crippen LogP contribution >= 0.6 is 11.3 Å². The second-order valence-corrected chi connectivity index (χ2v) is 7.66. The van der Waals surface area contributed by atoms with Gasteiger partial charge in [0.05, 0.1) is 18.7 Å². The standard InChI is InChI=1S/C23H18N2O5S/c1-2-29-19(26)13-18-20(14-8-4-3-5-9-14)24-23(31-18)25-21(27)16-12-15-10-6-7-11-17(15)30-22(16)28/h3-12H,2,13H2,1H3,(H,24,25,27). The summed E-state index contributed by atoms with van der Waals surface area (Å²) in [6.07, 6.45) is 0.0315. The van der Waals surface area contributed by atoms with Crippen molar-refractivity contribution in [2.24, 2.45) is 0 Å². The number of amides is 1. The SMILES string of the molecule is CCOC(=O)Cc1sc(NC(=O)c2cc3ccccc3oc2=O)nc1-c1ccccc1. The van der Waals surface area contributed by atoms with E-state index in [-0.39, 0.29) is 29.7 Å². The molecule has 0 bridgehead atoms. The van der Waals surface area contributed by atoms with Crippen LogP contribution in [-0.4, -0.2) is 23.5 Å². The van der Waals surface area contributed by atoms with Gasteiger partial charge in [0.1, 0.15) is 11.1 Å². The lowest BCUT2D eigenvalue weighted by molar-refractivity contribution is -0.142. The average molecular weight is 434 g/mol. The van der Waals surface area contributed by atoms with Crippen LogP contribution in [0.3, 0.4) is 0 Å². The summed E-state index contributed by atoms with van der Waals surface area (Å²) in [5, 5.41) is 3.57. The van der Waals surface area contributed by atoms with E-state index >= 15 is 0 Å². The first-order valence-corrected chi connectivity index (χ1v) is 10.4. The molecule has 4 aromatic rings. The van der Waals surface area contributed by atoms with E-state index in [4.69, 9.17) is 9.15 Å². The largest absolute Gasteiger partial charge is 0.466 e. The normalized spacial score (nSPS) is 10.7. The fourth-order valence-electron chi connectivity index (χ4n) is 3.07. The number of anilines is 1. The third-order valence-corrected chi connectivity index (χ3v) is 5.43. The van der Waals surface area contributed by atoms with Crippen molar-refractivity contribution in [2.75, 3.05) is 11.9 Å². The zero-order valence-electron chi connectivity index (χ0n) is 16.6. The van der Waals surface area contributed by atoms with Crippen molar-refractivity contribution in [3.8, 4) is 11.3 Å². The van der Waals surface area contributed by atoms with E-state index in [1.165, 1.54) is 6.07 Å². The van der Waals surface area contributed by atoms with Crippen molar-refractivity contribution in [3.05, 3.63) is 81.5 Å². The van der Waals surface area contributed by atoms with E-state index in [0.29, 0.717) is 21.5 Å². The van der Waals surface area contributed by atoms with Crippen LogP contribution in [0, 0.1) is 0 Å². The Labute approximate surface area is 181 Å². The van der Waals surface area contributed by atoms with Gasteiger partial charge in [-0.05, 0) is 19.1 Å². The Balaban J connectivity index is 1.66. The third-order valence-electron chi connectivity index (χ3n) is 4.46. The minimum Gasteiger partial charge on any atom is -0.466 e. The monoisotopic (exact) mass is 434 g/mol. The van der Waals surface area contributed by atoms with E-state index in [1.54, 1.807) is 31.2 Å². The second kappa shape index (κ2) is 8.93. The number of rotatable bonds is 6. The maximum absolute atomic E-state index is 12.8. The van der Waals surface area contributed by atoms with E-state index in [0.717, 1.165) is 16.9 Å². The van der Waals surface area contributed by atoms with Gasteiger partial charge < -0.3 is 9.15 Å². The highest BCUT2D eigenvalue weighted by Gasteiger charge is 2.20.